The van der Waals surface area contributed by atoms with Crippen LogP contribution >= 0.6 is 0 Å². The first-order chi connectivity index (χ1) is 15.9. The van der Waals surface area contributed by atoms with Gasteiger partial charge in [0.2, 0.25) is 5.91 Å². The van der Waals surface area contributed by atoms with E-state index in [0.717, 1.165) is 5.69 Å². The van der Waals surface area contributed by atoms with E-state index in [4.69, 9.17) is 5.11 Å². The molecule has 0 saturated carbocycles. The number of amides is 2. The Balaban J connectivity index is 1.51. The van der Waals surface area contributed by atoms with E-state index in [1.807, 2.05) is 25.1 Å². The molecule has 2 amide bonds. The Morgan fingerprint density at radius 3 is 2.91 bits per heavy atom. The molecule has 0 radical (unpaired) electrons. The molecule has 2 aliphatic heterocycles. The maximum Gasteiger partial charge on any atom is 0.264 e. The molecule has 1 saturated heterocycles. The minimum absolute atomic E-state index is 0.0309. The average molecular weight is 455 g/mol. The summed E-state index contributed by atoms with van der Waals surface area (Å²) in [5.41, 5.74) is 0.867. The molecule has 10 nitrogen and oxygen atoms in total. The summed E-state index contributed by atoms with van der Waals surface area (Å²) in [4.78, 5) is 28.6. The van der Waals surface area contributed by atoms with Gasteiger partial charge in [0.1, 0.15) is 0 Å². The van der Waals surface area contributed by atoms with Crippen LogP contribution in [0.3, 0.4) is 0 Å². The van der Waals surface area contributed by atoms with Crippen LogP contribution in [0.15, 0.2) is 36.5 Å². The molecule has 1 aromatic heterocycles. The Hall–Kier alpha value is -3.08. The molecular formula is C23H30N6O4. The number of fused-ring (bicyclic) bond motifs is 1. The smallest absolute Gasteiger partial charge is 0.264 e. The summed E-state index contributed by atoms with van der Waals surface area (Å²) in [5.74, 6) is -0.905. The third-order valence-corrected chi connectivity index (χ3v) is 6.35. The number of rotatable bonds is 8. The molecule has 0 unspecified atom stereocenters. The minimum atomic E-state index is -1.71. The second kappa shape index (κ2) is 9.42. The number of nitrogens with zero attached hydrogens (tertiary/aromatic N) is 5. The van der Waals surface area contributed by atoms with Crippen LogP contribution in [0.5, 0.6) is 0 Å². The van der Waals surface area contributed by atoms with E-state index in [9.17, 15) is 14.7 Å². The number of hydrogen-bond donors (Lipinski definition) is 3. The fourth-order valence-corrected chi connectivity index (χ4v) is 4.41. The SMILES string of the molecule is C[C@@H](/C=C/CCn1cc(CCO)nn1)[C@]1(O)C(=O)N(C)c2ccc(N3CCNCC3=O)cc21. The lowest BCUT2D eigenvalue weighted by molar-refractivity contribution is -0.139. The van der Waals surface area contributed by atoms with E-state index in [-0.39, 0.29) is 25.0 Å². The van der Waals surface area contributed by atoms with Crippen molar-refractivity contribution in [1.29, 1.82) is 0 Å². The highest BCUT2D eigenvalue weighted by Gasteiger charge is 2.51. The monoisotopic (exact) mass is 454 g/mol. The van der Waals surface area contributed by atoms with E-state index < -0.39 is 11.5 Å². The molecule has 33 heavy (non-hydrogen) atoms. The molecule has 2 aromatic rings. The first-order valence-corrected chi connectivity index (χ1v) is 11.2. The molecule has 3 heterocycles. The number of nitrogens with one attached hydrogen (secondary N) is 1. The van der Waals surface area contributed by atoms with Gasteiger partial charge in [-0.25, -0.2) is 0 Å². The Morgan fingerprint density at radius 1 is 1.33 bits per heavy atom. The number of benzene rings is 1. The topological polar surface area (TPSA) is 124 Å². The lowest BCUT2D eigenvalue weighted by Gasteiger charge is -2.30. The summed E-state index contributed by atoms with van der Waals surface area (Å²) < 4.78 is 1.70. The summed E-state index contributed by atoms with van der Waals surface area (Å²) in [6.07, 6.45) is 6.68. The van der Waals surface area contributed by atoms with Crippen LogP contribution in [-0.4, -0.2) is 70.3 Å². The van der Waals surface area contributed by atoms with Gasteiger partial charge in [-0.1, -0.05) is 24.3 Å². The van der Waals surface area contributed by atoms with Crippen molar-refractivity contribution < 1.29 is 19.8 Å². The van der Waals surface area contributed by atoms with Crippen molar-refractivity contribution in [3.05, 3.63) is 47.8 Å². The van der Waals surface area contributed by atoms with Gasteiger partial charge in [0, 0.05) is 63.1 Å². The third-order valence-electron chi connectivity index (χ3n) is 6.35. The highest BCUT2D eigenvalue weighted by molar-refractivity contribution is 6.07. The van der Waals surface area contributed by atoms with Crippen molar-refractivity contribution >= 4 is 23.2 Å². The van der Waals surface area contributed by atoms with Crippen molar-refractivity contribution in [2.24, 2.45) is 5.92 Å². The maximum absolute atomic E-state index is 13.1. The molecule has 176 valence electrons. The van der Waals surface area contributed by atoms with E-state index in [1.165, 1.54) is 4.90 Å². The van der Waals surface area contributed by atoms with Crippen LogP contribution in [0.4, 0.5) is 11.4 Å². The quantitative estimate of drug-likeness (QED) is 0.487. The summed E-state index contributed by atoms with van der Waals surface area (Å²) in [5, 5.41) is 31.7. The van der Waals surface area contributed by atoms with Gasteiger partial charge in [-0.2, -0.15) is 0 Å². The number of allylic oxidation sites excluding steroid dienone is 1. The Kier molecular flexibility index (Phi) is 6.59. The lowest BCUT2D eigenvalue weighted by atomic mass is 9.82. The van der Waals surface area contributed by atoms with Crippen LogP contribution < -0.4 is 15.1 Å². The summed E-state index contributed by atoms with van der Waals surface area (Å²) in [6, 6.07) is 5.38. The number of carbonyl (C=O) groups is 2. The van der Waals surface area contributed by atoms with E-state index in [2.05, 4.69) is 15.6 Å². The van der Waals surface area contributed by atoms with Crippen LogP contribution in [-0.2, 0) is 28.2 Å². The number of hydrogen-bond acceptors (Lipinski definition) is 7. The number of aliphatic hydroxyl groups excluding tert-OH is 1. The van der Waals surface area contributed by atoms with Crippen molar-refractivity contribution in [3.63, 3.8) is 0 Å². The largest absolute Gasteiger partial charge is 0.396 e. The minimum Gasteiger partial charge on any atom is -0.396 e. The predicted octanol–water partition coefficient (Wildman–Crippen LogP) is 0.196. The maximum atomic E-state index is 13.1. The number of carbonyl (C=O) groups excluding carboxylic acids is 2. The molecule has 0 bridgehead atoms. The van der Waals surface area contributed by atoms with Gasteiger partial charge >= 0.3 is 0 Å². The third kappa shape index (κ3) is 4.29. The van der Waals surface area contributed by atoms with Crippen LogP contribution in [0.25, 0.3) is 0 Å². The summed E-state index contributed by atoms with van der Waals surface area (Å²) in [6.45, 7) is 3.94. The summed E-state index contributed by atoms with van der Waals surface area (Å²) in [7, 11) is 1.65. The van der Waals surface area contributed by atoms with Crippen LogP contribution in [0, 0.1) is 5.92 Å². The fourth-order valence-electron chi connectivity index (χ4n) is 4.41. The molecule has 4 rings (SSSR count). The number of piperazine rings is 1. The first-order valence-electron chi connectivity index (χ1n) is 11.2. The molecule has 10 heteroatoms. The number of aliphatic hydroxyl groups is 2. The van der Waals surface area contributed by atoms with Crippen molar-refractivity contribution in [2.45, 2.75) is 31.9 Å². The van der Waals surface area contributed by atoms with Crippen molar-refractivity contribution in [2.75, 3.05) is 43.1 Å². The number of anilines is 2. The molecule has 0 aliphatic carbocycles. The molecule has 2 aliphatic rings. The van der Waals surface area contributed by atoms with Gasteiger partial charge in [0.05, 0.1) is 17.9 Å². The zero-order chi connectivity index (χ0) is 23.6. The summed E-state index contributed by atoms with van der Waals surface area (Å²) >= 11 is 0. The van der Waals surface area contributed by atoms with Gasteiger partial charge < -0.3 is 25.3 Å². The zero-order valence-corrected chi connectivity index (χ0v) is 18.9. The molecule has 1 aromatic carbocycles. The van der Waals surface area contributed by atoms with Gasteiger partial charge in [-0.15, -0.1) is 5.10 Å². The standard InChI is InChI=1S/C23H30N6O4/c1-16(5-3-4-10-28-15-17(8-12-30)25-26-28)23(33)19-13-18(29-11-9-24-14-21(29)31)6-7-20(19)27(2)22(23)32/h3,5-7,13,15-16,24,30,33H,4,8-12,14H2,1-2H3/b5-3+/t16-,23+/m0/s1. The zero-order valence-electron chi connectivity index (χ0n) is 18.9. The number of likely N-dealkylation sites (N-methyl/N-ethyl adjacent to an activating group) is 1. The fraction of sp³-hybridized carbons (Fsp3) is 0.478. The Labute approximate surface area is 192 Å². The highest BCUT2D eigenvalue weighted by atomic mass is 16.3. The van der Waals surface area contributed by atoms with Gasteiger partial charge in [-0.3, -0.25) is 14.3 Å². The lowest BCUT2D eigenvalue weighted by Crippen LogP contribution is -2.48. The highest BCUT2D eigenvalue weighted by Crippen LogP contribution is 2.46. The molecule has 1 fully saturated rings. The second-order valence-electron chi connectivity index (χ2n) is 8.51. The van der Waals surface area contributed by atoms with Gasteiger partial charge in [0.15, 0.2) is 5.60 Å². The van der Waals surface area contributed by atoms with Crippen molar-refractivity contribution in [1.82, 2.24) is 20.3 Å². The van der Waals surface area contributed by atoms with Gasteiger partial charge in [-0.05, 0) is 24.6 Å². The van der Waals surface area contributed by atoms with Crippen molar-refractivity contribution in [3.8, 4) is 0 Å². The second-order valence-corrected chi connectivity index (χ2v) is 8.51. The number of aromatic nitrogens is 3. The first kappa shape index (κ1) is 23.1. The average Bonchev–Trinajstić information content (AvgIpc) is 3.34. The van der Waals surface area contributed by atoms with E-state index >= 15 is 0 Å². The van der Waals surface area contributed by atoms with E-state index in [0.29, 0.717) is 49.4 Å². The molecular weight excluding hydrogens is 424 g/mol. The Bertz CT molecular complexity index is 1070. The molecule has 0 spiro atoms. The normalized spacial score (nSPS) is 21.8. The Morgan fingerprint density at radius 2 is 2.15 bits per heavy atom. The van der Waals surface area contributed by atoms with E-state index in [1.54, 1.807) is 35.0 Å². The molecule has 3 N–H and O–H groups in total. The number of aryl methyl sites for hydroxylation is 1. The van der Waals surface area contributed by atoms with Crippen LogP contribution in [0.2, 0.25) is 0 Å². The predicted molar refractivity (Wildman–Crippen MR) is 123 cm³/mol. The molecule has 2 atom stereocenters. The van der Waals surface area contributed by atoms with Gasteiger partial charge in [0.25, 0.3) is 5.91 Å². The van der Waals surface area contributed by atoms with Crippen LogP contribution in [0.1, 0.15) is 24.6 Å².